The van der Waals surface area contributed by atoms with Crippen molar-refractivity contribution in [2.45, 2.75) is 47.0 Å². The highest BCUT2D eigenvalue weighted by Gasteiger charge is 2.09. The van der Waals surface area contributed by atoms with Gasteiger partial charge in [0, 0.05) is 19.6 Å². The lowest BCUT2D eigenvalue weighted by atomic mass is 10.1. The van der Waals surface area contributed by atoms with Gasteiger partial charge in [0.2, 0.25) is 0 Å². The van der Waals surface area contributed by atoms with E-state index >= 15 is 0 Å². The highest BCUT2D eigenvalue weighted by atomic mass is 15.3. The molecule has 0 spiro atoms. The third-order valence-corrected chi connectivity index (χ3v) is 3.81. The summed E-state index contributed by atoms with van der Waals surface area (Å²) < 4.78 is 0. The van der Waals surface area contributed by atoms with E-state index in [1.165, 1.54) is 6.42 Å². The first kappa shape index (κ1) is 17.9. The highest BCUT2D eigenvalue weighted by molar-refractivity contribution is 5.37. The second-order valence-corrected chi connectivity index (χ2v) is 6.54. The molecule has 1 rings (SSSR count). The molecule has 0 bridgehead atoms. The summed E-state index contributed by atoms with van der Waals surface area (Å²) in [7, 11) is 2.20. The average molecular weight is 292 g/mol. The Morgan fingerprint density at radius 2 is 1.71 bits per heavy atom. The number of rotatable bonds is 9. The lowest BCUT2D eigenvalue weighted by molar-refractivity contribution is 0.315. The molecule has 0 atom stereocenters. The fourth-order valence-electron chi connectivity index (χ4n) is 2.13. The second kappa shape index (κ2) is 8.98. The predicted octanol–water partition coefficient (Wildman–Crippen LogP) is 3.40. The van der Waals surface area contributed by atoms with Gasteiger partial charge >= 0.3 is 0 Å². The minimum Gasteiger partial charge on any atom is -0.354 e. The largest absolute Gasteiger partial charge is 0.354 e. The summed E-state index contributed by atoms with van der Waals surface area (Å²) >= 11 is 0. The van der Waals surface area contributed by atoms with Crippen molar-refractivity contribution in [1.29, 1.82) is 0 Å². The molecule has 0 unspecified atom stereocenters. The van der Waals surface area contributed by atoms with Crippen LogP contribution in [0.25, 0.3) is 0 Å². The number of hydrogen-bond donors (Lipinski definition) is 0. The van der Waals surface area contributed by atoms with Crippen molar-refractivity contribution in [3.8, 4) is 0 Å². The van der Waals surface area contributed by atoms with Gasteiger partial charge in [-0.05, 0) is 50.9 Å². The van der Waals surface area contributed by atoms with Crippen molar-refractivity contribution in [2.75, 3.05) is 38.1 Å². The van der Waals surface area contributed by atoms with Gasteiger partial charge in [0.25, 0.3) is 0 Å². The Morgan fingerprint density at radius 3 is 2.19 bits per heavy atom. The van der Waals surface area contributed by atoms with Crippen LogP contribution in [0.2, 0.25) is 0 Å². The molecule has 1 aromatic heterocycles. The molecule has 0 saturated heterocycles. The Bertz CT molecular complexity index is 386. The van der Waals surface area contributed by atoms with E-state index in [0.717, 1.165) is 43.6 Å². The van der Waals surface area contributed by atoms with Crippen LogP contribution in [0.1, 0.15) is 52.7 Å². The molecule has 120 valence electrons. The van der Waals surface area contributed by atoms with E-state index in [1.54, 1.807) is 0 Å². The maximum Gasteiger partial charge on any atom is 0.151 e. The van der Waals surface area contributed by atoms with Crippen molar-refractivity contribution in [3.63, 3.8) is 0 Å². The Balaban J connectivity index is 2.50. The van der Waals surface area contributed by atoms with E-state index in [2.05, 4.69) is 73.8 Å². The van der Waals surface area contributed by atoms with Crippen LogP contribution in [0, 0.1) is 5.92 Å². The van der Waals surface area contributed by atoms with Crippen LogP contribution in [0.3, 0.4) is 0 Å². The molecule has 0 radical (unpaired) electrons. The second-order valence-electron chi connectivity index (χ2n) is 6.54. The summed E-state index contributed by atoms with van der Waals surface area (Å²) in [5, 5.41) is 8.71. The van der Waals surface area contributed by atoms with Gasteiger partial charge < -0.3 is 9.80 Å². The number of aromatic nitrogens is 2. The van der Waals surface area contributed by atoms with Crippen LogP contribution in [-0.4, -0.2) is 48.3 Å². The van der Waals surface area contributed by atoms with Crippen molar-refractivity contribution in [2.24, 2.45) is 5.92 Å². The molecule has 0 aliphatic carbocycles. The highest BCUT2D eigenvalue weighted by Crippen LogP contribution is 2.14. The lowest BCUT2D eigenvalue weighted by Crippen LogP contribution is -2.34. The first-order chi connectivity index (χ1) is 9.93. The topological polar surface area (TPSA) is 32.3 Å². The van der Waals surface area contributed by atoms with E-state index in [0.29, 0.717) is 5.92 Å². The zero-order valence-electron chi connectivity index (χ0n) is 14.6. The normalized spacial score (nSPS) is 11.7. The van der Waals surface area contributed by atoms with E-state index in [1.807, 2.05) is 0 Å². The molecule has 4 nitrogen and oxygen atoms in total. The summed E-state index contributed by atoms with van der Waals surface area (Å²) in [4.78, 5) is 4.70. The van der Waals surface area contributed by atoms with Gasteiger partial charge in [-0.1, -0.05) is 27.7 Å². The van der Waals surface area contributed by atoms with Crippen LogP contribution in [0.4, 0.5) is 5.82 Å². The van der Waals surface area contributed by atoms with Gasteiger partial charge in [-0.15, -0.1) is 5.10 Å². The number of anilines is 1. The third kappa shape index (κ3) is 6.42. The van der Waals surface area contributed by atoms with Crippen molar-refractivity contribution >= 4 is 5.82 Å². The van der Waals surface area contributed by atoms with Crippen LogP contribution < -0.4 is 4.90 Å². The standard InChI is InChI=1S/C17H32N4/c1-7-21(13-12-20(6)11-10-14(2)3)17-9-8-16(15(4)5)18-19-17/h8-9,14-15H,7,10-13H2,1-6H3. The number of likely N-dealkylation sites (N-methyl/N-ethyl adjacent to an activating group) is 2. The zero-order chi connectivity index (χ0) is 15.8. The van der Waals surface area contributed by atoms with Crippen LogP contribution in [-0.2, 0) is 0 Å². The SMILES string of the molecule is CCN(CCN(C)CCC(C)C)c1ccc(C(C)C)nn1. The predicted molar refractivity (Wildman–Crippen MR) is 91.0 cm³/mol. The first-order valence-electron chi connectivity index (χ1n) is 8.21. The quantitative estimate of drug-likeness (QED) is 0.698. The third-order valence-electron chi connectivity index (χ3n) is 3.81. The molecular weight excluding hydrogens is 260 g/mol. The van der Waals surface area contributed by atoms with Gasteiger partial charge in [-0.3, -0.25) is 0 Å². The molecule has 0 fully saturated rings. The molecule has 21 heavy (non-hydrogen) atoms. The fraction of sp³-hybridized carbons (Fsp3) is 0.765. The Labute approximate surface area is 130 Å². The van der Waals surface area contributed by atoms with Crippen molar-refractivity contribution < 1.29 is 0 Å². The van der Waals surface area contributed by atoms with Gasteiger partial charge in [0.1, 0.15) is 0 Å². The maximum absolute atomic E-state index is 4.38. The molecule has 1 heterocycles. The summed E-state index contributed by atoms with van der Waals surface area (Å²) in [6.07, 6.45) is 1.26. The molecular formula is C17H32N4. The Hall–Kier alpha value is -1.16. The van der Waals surface area contributed by atoms with E-state index in [4.69, 9.17) is 0 Å². The lowest BCUT2D eigenvalue weighted by Gasteiger charge is -2.25. The van der Waals surface area contributed by atoms with Gasteiger partial charge in [-0.25, -0.2) is 0 Å². The van der Waals surface area contributed by atoms with Gasteiger partial charge in [-0.2, -0.15) is 5.10 Å². The van der Waals surface area contributed by atoms with E-state index in [9.17, 15) is 0 Å². The molecule has 0 amide bonds. The van der Waals surface area contributed by atoms with Crippen molar-refractivity contribution in [3.05, 3.63) is 17.8 Å². The monoisotopic (exact) mass is 292 g/mol. The van der Waals surface area contributed by atoms with Crippen LogP contribution in [0.5, 0.6) is 0 Å². The van der Waals surface area contributed by atoms with Crippen LogP contribution >= 0.6 is 0 Å². The van der Waals surface area contributed by atoms with E-state index in [-0.39, 0.29) is 0 Å². The maximum atomic E-state index is 4.38. The zero-order valence-corrected chi connectivity index (χ0v) is 14.6. The molecule has 0 aliphatic rings. The van der Waals surface area contributed by atoms with Gasteiger partial charge in [0.15, 0.2) is 5.82 Å². The molecule has 0 aliphatic heterocycles. The fourth-order valence-corrected chi connectivity index (χ4v) is 2.13. The number of nitrogens with zero attached hydrogens (tertiary/aromatic N) is 4. The molecule has 0 saturated carbocycles. The minimum absolute atomic E-state index is 0.434. The van der Waals surface area contributed by atoms with E-state index < -0.39 is 0 Å². The summed E-state index contributed by atoms with van der Waals surface area (Å²) in [6, 6.07) is 4.19. The average Bonchev–Trinajstić information content (AvgIpc) is 2.46. The minimum atomic E-state index is 0.434. The van der Waals surface area contributed by atoms with Crippen molar-refractivity contribution in [1.82, 2.24) is 15.1 Å². The summed E-state index contributed by atoms with van der Waals surface area (Å²) in [6.45, 7) is 15.2. The van der Waals surface area contributed by atoms with Gasteiger partial charge in [0.05, 0.1) is 5.69 Å². The summed E-state index contributed by atoms with van der Waals surface area (Å²) in [5.74, 6) is 2.19. The molecule has 1 aromatic rings. The molecule has 0 N–H and O–H groups in total. The van der Waals surface area contributed by atoms with Crippen LogP contribution in [0.15, 0.2) is 12.1 Å². The smallest absolute Gasteiger partial charge is 0.151 e. The Kier molecular flexibility index (Phi) is 7.65. The summed E-state index contributed by atoms with van der Waals surface area (Å²) in [5.41, 5.74) is 1.06. The first-order valence-corrected chi connectivity index (χ1v) is 8.21. The Morgan fingerprint density at radius 1 is 1.00 bits per heavy atom. The molecule has 4 heteroatoms. The molecule has 0 aromatic carbocycles. The number of hydrogen-bond acceptors (Lipinski definition) is 4.